The predicted molar refractivity (Wildman–Crippen MR) is 77.9 cm³/mol. The molecule has 8 nitrogen and oxygen atoms in total. The van der Waals surface area contributed by atoms with Crippen LogP contribution in [0.5, 0.6) is 0 Å². The lowest BCUT2D eigenvalue weighted by Gasteiger charge is -2.26. The number of carboxylic acid groups (broad SMARTS) is 1. The van der Waals surface area contributed by atoms with Gasteiger partial charge in [-0.05, 0) is 6.42 Å². The summed E-state index contributed by atoms with van der Waals surface area (Å²) in [7, 11) is 1.78. The number of urea groups is 1. The number of aliphatic carboxylic acids is 1. The first kappa shape index (κ1) is 15.6. The average Bonchev–Trinajstić information content (AvgIpc) is 3.04. The molecule has 1 saturated heterocycles. The van der Waals surface area contributed by atoms with Gasteiger partial charge < -0.3 is 10.4 Å². The standard InChI is InChI=1S/C12H19N5O3S/c1-3-10-17(8(6-21-10)11(18)19)12(20)13-5-4-9-14-7-16(2)15-9/h7-8,10H,3-6H2,1-2H3,(H,13,20)(H,18,19). The molecule has 1 aromatic rings. The molecule has 2 heterocycles. The highest BCUT2D eigenvalue weighted by Gasteiger charge is 2.40. The van der Waals surface area contributed by atoms with Crippen molar-refractivity contribution in [3.8, 4) is 0 Å². The Kier molecular flexibility index (Phi) is 5.05. The summed E-state index contributed by atoms with van der Waals surface area (Å²) < 4.78 is 1.60. The Morgan fingerprint density at radius 1 is 1.57 bits per heavy atom. The fourth-order valence-electron chi connectivity index (χ4n) is 2.21. The zero-order valence-corrected chi connectivity index (χ0v) is 12.8. The van der Waals surface area contributed by atoms with Crippen LogP contribution in [0.15, 0.2) is 6.33 Å². The number of nitrogens with zero attached hydrogens (tertiary/aromatic N) is 4. The van der Waals surface area contributed by atoms with Crippen LogP contribution in [0.2, 0.25) is 0 Å². The van der Waals surface area contributed by atoms with Crippen molar-refractivity contribution >= 4 is 23.8 Å². The molecular formula is C12H19N5O3S. The minimum Gasteiger partial charge on any atom is -0.480 e. The number of hydrogen-bond acceptors (Lipinski definition) is 5. The molecule has 1 fully saturated rings. The number of carboxylic acids is 1. The van der Waals surface area contributed by atoms with Gasteiger partial charge in [-0.25, -0.2) is 14.6 Å². The smallest absolute Gasteiger partial charge is 0.327 e. The van der Waals surface area contributed by atoms with Crippen molar-refractivity contribution in [1.29, 1.82) is 0 Å². The zero-order valence-electron chi connectivity index (χ0n) is 12.0. The van der Waals surface area contributed by atoms with Gasteiger partial charge in [-0.1, -0.05) is 6.92 Å². The molecule has 0 bridgehead atoms. The summed E-state index contributed by atoms with van der Waals surface area (Å²) in [4.78, 5) is 28.9. The van der Waals surface area contributed by atoms with Crippen molar-refractivity contribution in [1.82, 2.24) is 25.0 Å². The number of hydrogen-bond donors (Lipinski definition) is 2. The van der Waals surface area contributed by atoms with E-state index in [1.165, 1.54) is 16.7 Å². The van der Waals surface area contributed by atoms with E-state index in [-0.39, 0.29) is 11.4 Å². The number of rotatable bonds is 5. The maximum absolute atomic E-state index is 12.2. The zero-order chi connectivity index (χ0) is 15.4. The molecule has 2 rings (SSSR count). The van der Waals surface area contributed by atoms with E-state index in [9.17, 15) is 14.7 Å². The van der Waals surface area contributed by atoms with E-state index >= 15 is 0 Å². The number of nitrogens with one attached hydrogen (secondary N) is 1. The fraction of sp³-hybridized carbons (Fsp3) is 0.667. The van der Waals surface area contributed by atoms with E-state index in [1.807, 2.05) is 6.92 Å². The second-order valence-corrected chi connectivity index (χ2v) is 5.98. The maximum atomic E-state index is 12.2. The van der Waals surface area contributed by atoms with Crippen molar-refractivity contribution in [3.05, 3.63) is 12.2 Å². The van der Waals surface area contributed by atoms with E-state index < -0.39 is 12.0 Å². The molecule has 2 N–H and O–H groups in total. The SMILES string of the molecule is CCC1SCC(C(=O)O)N1C(=O)NCCc1ncn(C)n1. The molecule has 1 aliphatic heterocycles. The van der Waals surface area contributed by atoms with Gasteiger partial charge in [0.15, 0.2) is 5.82 Å². The number of thioether (sulfide) groups is 1. The molecule has 0 aromatic carbocycles. The molecule has 0 aliphatic carbocycles. The molecule has 0 radical (unpaired) electrons. The summed E-state index contributed by atoms with van der Waals surface area (Å²) in [6, 6.07) is -1.09. The quantitative estimate of drug-likeness (QED) is 0.811. The van der Waals surface area contributed by atoms with Gasteiger partial charge in [0.2, 0.25) is 0 Å². The molecule has 2 amide bonds. The van der Waals surface area contributed by atoms with Crippen LogP contribution in [-0.2, 0) is 18.3 Å². The Hall–Kier alpha value is -1.77. The largest absolute Gasteiger partial charge is 0.480 e. The third-order valence-electron chi connectivity index (χ3n) is 3.23. The maximum Gasteiger partial charge on any atom is 0.327 e. The number of carbonyl (C=O) groups excluding carboxylic acids is 1. The van der Waals surface area contributed by atoms with Crippen LogP contribution in [0.1, 0.15) is 19.2 Å². The van der Waals surface area contributed by atoms with Crippen molar-refractivity contribution in [2.24, 2.45) is 7.05 Å². The highest BCUT2D eigenvalue weighted by molar-refractivity contribution is 8.00. The Morgan fingerprint density at radius 3 is 2.90 bits per heavy atom. The van der Waals surface area contributed by atoms with E-state index in [2.05, 4.69) is 15.4 Å². The molecule has 2 unspecified atom stereocenters. The van der Waals surface area contributed by atoms with Gasteiger partial charge in [0.25, 0.3) is 0 Å². The van der Waals surface area contributed by atoms with Crippen LogP contribution < -0.4 is 5.32 Å². The Balaban J connectivity index is 1.89. The number of carbonyl (C=O) groups is 2. The minimum atomic E-state index is -0.958. The summed E-state index contributed by atoms with van der Waals surface area (Å²) >= 11 is 1.50. The third kappa shape index (κ3) is 3.66. The van der Waals surface area contributed by atoms with Gasteiger partial charge in [-0.2, -0.15) is 5.10 Å². The van der Waals surface area contributed by atoms with Gasteiger partial charge >= 0.3 is 12.0 Å². The second kappa shape index (κ2) is 6.79. The van der Waals surface area contributed by atoms with Crippen LogP contribution in [0, 0.1) is 0 Å². The lowest BCUT2D eigenvalue weighted by molar-refractivity contribution is -0.141. The first-order valence-electron chi connectivity index (χ1n) is 6.78. The highest BCUT2D eigenvalue weighted by Crippen LogP contribution is 2.31. The van der Waals surface area contributed by atoms with Crippen LogP contribution >= 0.6 is 11.8 Å². The number of aryl methyl sites for hydroxylation is 1. The summed E-state index contributed by atoms with van der Waals surface area (Å²) in [5, 5.41) is 16.0. The van der Waals surface area contributed by atoms with Crippen LogP contribution in [0.25, 0.3) is 0 Å². The molecule has 1 aliphatic rings. The summed E-state index contributed by atoms with van der Waals surface area (Å²) in [5.74, 6) is 0.124. The van der Waals surface area contributed by atoms with Crippen molar-refractivity contribution in [2.45, 2.75) is 31.2 Å². The second-order valence-electron chi connectivity index (χ2n) is 4.77. The van der Waals surface area contributed by atoms with Crippen LogP contribution in [-0.4, -0.2) is 60.5 Å². The first-order valence-corrected chi connectivity index (χ1v) is 7.83. The Labute approximate surface area is 126 Å². The summed E-state index contributed by atoms with van der Waals surface area (Å²) in [6.45, 7) is 2.33. The van der Waals surface area contributed by atoms with Crippen LogP contribution in [0.4, 0.5) is 4.79 Å². The third-order valence-corrected chi connectivity index (χ3v) is 4.69. The molecule has 9 heteroatoms. The topological polar surface area (TPSA) is 100 Å². The lowest BCUT2D eigenvalue weighted by Crippen LogP contribution is -2.50. The summed E-state index contributed by atoms with van der Waals surface area (Å²) in [5.41, 5.74) is 0. The first-order chi connectivity index (χ1) is 10.0. The molecule has 1 aromatic heterocycles. The highest BCUT2D eigenvalue weighted by atomic mass is 32.2. The van der Waals surface area contributed by atoms with Gasteiger partial charge in [0.1, 0.15) is 12.4 Å². The normalized spacial score (nSPS) is 21.5. The van der Waals surface area contributed by atoms with E-state index in [1.54, 1.807) is 18.1 Å². The van der Waals surface area contributed by atoms with Gasteiger partial charge in [-0.15, -0.1) is 11.8 Å². The van der Waals surface area contributed by atoms with E-state index in [0.29, 0.717) is 24.5 Å². The van der Waals surface area contributed by atoms with Crippen molar-refractivity contribution in [3.63, 3.8) is 0 Å². The average molecular weight is 313 g/mol. The number of aromatic nitrogens is 3. The molecule has 0 spiro atoms. The Morgan fingerprint density at radius 2 is 2.33 bits per heavy atom. The van der Waals surface area contributed by atoms with Crippen LogP contribution in [0.3, 0.4) is 0 Å². The Bertz CT molecular complexity index is 521. The lowest BCUT2D eigenvalue weighted by atomic mass is 10.3. The monoisotopic (exact) mass is 313 g/mol. The van der Waals surface area contributed by atoms with E-state index in [0.717, 1.165) is 6.42 Å². The van der Waals surface area contributed by atoms with Gasteiger partial charge in [0.05, 0.1) is 5.37 Å². The molecular weight excluding hydrogens is 294 g/mol. The van der Waals surface area contributed by atoms with E-state index in [4.69, 9.17) is 0 Å². The van der Waals surface area contributed by atoms with Crippen molar-refractivity contribution < 1.29 is 14.7 Å². The fourth-order valence-corrected chi connectivity index (χ4v) is 3.56. The van der Waals surface area contributed by atoms with Gasteiger partial charge in [-0.3, -0.25) is 9.58 Å². The summed E-state index contributed by atoms with van der Waals surface area (Å²) in [6.07, 6.45) is 2.84. The minimum absolute atomic E-state index is 0.0842. The number of amides is 2. The molecule has 116 valence electrons. The molecule has 21 heavy (non-hydrogen) atoms. The van der Waals surface area contributed by atoms with Gasteiger partial charge in [0, 0.05) is 25.8 Å². The molecule has 2 atom stereocenters. The molecule has 0 saturated carbocycles. The predicted octanol–water partition coefficient (Wildman–Crippen LogP) is 0.305. The van der Waals surface area contributed by atoms with Crippen molar-refractivity contribution in [2.75, 3.05) is 12.3 Å².